The Kier molecular flexibility index (Phi) is 12.3. The van der Waals surface area contributed by atoms with Crippen molar-refractivity contribution < 1.29 is 48.7 Å². The van der Waals surface area contributed by atoms with Gasteiger partial charge in [-0.05, 0) is 67.4 Å². The van der Waals surface area contributed by atoms with Crippen molar-refractivity contribution in [3.05, 3.63) is 116 Å². The van der Waals surface area contributed by atoms with Gasteiger partial charge in [-0.3, -0.25) is 13.9 Å². The van der Waals surface area contributed by atoms with Gasteiger partial charge in [-0.25, -0.2) is 48.0 Å². The lowest BCUT2D eigenvalue weighted by Crippen LogP contribution is -2.50. The molecule has 1 aliphatic heterocycles. The number of halogens is 3. The van der Waals surface area contributed by atoms with Crippen LogP contribution in [0.5, 0.6) is 0 Å². The summed E-state index contributed by atoms with van der Waals surface area (Å²) in [7, 11) is -9.43. The van der Waals surface area contributed by atoms with Crippen LogP contribution in [0, 0.1) is 31.3 Å². The molecule has 7 rings (SSSR count). The van der Waals surface area contributed by atoms with Gasteiger partial charge in [0.05, 0.1) is 26.5 Å². The molecule has 0 aliphatic carbocycles. The number of sulfonamides is 3. The van der Waals surface area contributed by atoms with Gasteiger partial charge in [-0.15, -0.1) is 0 Å². The fourth-order valence-corrected chi connectivity index (χ4v) is 10.1. The predicted octanol–water partition coefficient (Wildman–Crippen LogP) is 5.07. The van der Waals surface area contributed by atoms with Gasteiger partial charge in [0.25, 0.3) is 10.0 Å². The first-order chi connectivity index (χ1) is 26.7. The highest BCUT2D eigenvalue weighted by atomic mass is 32.2. The molecule has 4 aromatic carbocycles. The fraction of sp³-hybridized carbons (Fsp3) is 0.278. The molecule has 15 nitrogen and oxygen atoms in total. The zero-order valence-corrected chi connectivity index (χ0v) is 33.9. The summed E-state index contributed by atoms with van der Waals surface area (Å²) in [5.74, 6) is -4.15. The molecule has 0 spiro atoms. The number of anilines is 1. The summed E-state index contributed by atoms with van der Waals surface area (Å²) in [5.41, 5.74) is 2.11. The van der Waals surface area contributed by atoms with Crippen molar-refractivity contribution in [2.24, 2.45) is 14.1 Å². The number of rotatable bonds is 7. The van der Waals surface area contributed by atoms with E-state index in [1.807, 2.05) is 13.8 Å². The van der Waals surface area contributed by atoms with Crippen molar-refractivity contribution in [3.63, 3.8) is 0 Å². The van der Waals surface area contributed by atoms with Gasteiger partial charge in [0.2, 0.25) is 20.0 Å². The Hall–Kier alpha value is -5.22. The van der Waals surface area contributed by atoms with Crippen LogP contribution < -0.4 is 16.2 Å². The number of aryl methyl sites for hydroxylation is 4. The van der Waals surface area contributed by atoms with Crippen LogP contribution in [-0.4, -0.2) is 69.2 Å². The number of nitrogens with one attached hydrogen (secondary N) is 1. The van der Waals surface area contributed by atoms with E-state index in [0.717, 1.165) is 32.9 Å². The van der Waals surface area contributed by atoms with Gasteiger partial charge in [0, 0.05) is 53.8 Å². The number of hydrogen-bond acceptors (Lipinski definition) is 10. The number of fused-ring (bicyclic) bond motifs is 2. The van der Waals surface area contributed by atoms with Crippen molar-refractivity contribution in [1.29, 1.82) is 0 Å². The fourth-order valence-electron chi connectivity index (χ4n) is 5.84. The Bertz CT molecular complexity index is 2940. The van der Waals surface area contributed by atoms with Crippen LogP contribution >= 0.6 is 0 Å². The van der Waals surface area contributed by atoms with Gasteiger partial charge in [0.15, 0.2) is 16.1 Å². The van der Waals surface area contributed by atoms with E-state index in [1.165, 1.54) is 65.7 Å². The van der Waals surface area contributed by atoms with Crippen LogP contribution in [-0.2, 0) is 44.2 Å². The maximum Gasteiger partial charge on any atom is 0.419 e. The highest BCUT2D eigenvalue weighted by molar-refractivity contribution is 7.92. The van der Waals surface area contributed by atoms with Crippen LogP contribution in [0.3, 0.4) is 0 Å². The lowest BCUT2D eigenvalue weighted by atomic mass is 10.2. The lowest BCUT2D eigenvalue weighted by molar-refractivity contribution is 0.271. The molecule has 0 saturated carbocycles. The molecule has 0 radical (unpaired) electrons. The van der Waals surface area contributed by atoms with Crippen LogP contribution in [0.4, 0.5) is 18.9 Å². The average molecular weight is 856 g/mol. The van der Waals surface area contributed by atoms with E-state index in [4.69, 9.17) is 8.83 Å². The molecule has 1 aliphatic rings. The highest BCUT2D eigenvalue weighted by Gasteiger charge is 2.37. The summed E-state index contributed by atoms with van der Waals surface area (Å²) < 4.78 is 135. The largest absolute Gasteiger partial charge is 0.419 e. The quantitative estimate of drug-likeness (QED) is 0.227. The SMILES string of the molecule is CC.Cc1cc2c(cc1S(=O)(=O)N1CCN(S(=O)(=O)c3c(F)cccc3F)CC1)oc(=O)n2C.Cc1ccc(NS(=O)(=O)c2ccc3c(c2)oc(=O)n3C)cc1F.[HH]. The number of aromatic nitrogens is 2. The molecule has 6 aromatic rings. The molecule has 1 N–H and O–H groups in total. The summed E-state index contributed by atoms with van der Waals surface area (Å²) in [6, 6.07) is 13.7. The molecule has 0 amide bonds. The average Bonchev–Trinajstić information content (AvgIpc) is 3.61. The third-order valence-corrected chi connectivity index (χ3v) is 14.3. The molecule has 2 aromatic heterocycles. The number of piperazine rings is 1. The van der Waals surface area contributed by atoms with Gasteiger partial charge >= 0.3 is 11.5 Å². The number of benzene rings is 4. The van der Waals surface area contributed by atoms with E-state index in [2.05, 4.69) is 4.72 Å². The monoisotopic (exact) mass is 855 g/mol. The third kappa shape index (κ3) is 8.42. The smallest absolute Gasteiger partial charge is 0.408 e. The van der Waals surface area contributed by atoms with Crippen molar-refractivity contribution in [3.8, 4) is 0 Å². The predicted molar refractivity (Wildman–Crippen MR) is 207 cm³/mol. The van der Waals surface area contributed by atoms with Crippen LogP contribution in [0.1, 0.15) is 26.4 Å². The number of hydrogen-bond donors (Lipinski definition) is 1. The molecule has 21 heteroatoms. The minimum absolute atomic E-state index is 0. The normalized spacial score (nSPS) is 14.2. The summed E-state index contributed by atoms with van der Waals surface area (Å²) in [6.07, 6.45) is 0. The molecule has 0 bridgehead atoms. The van der Waals surface area contributed by atoms with E-state index in [9.17, 15) is 48.0 Å². The van der Waals surface area contributed by atoms with Crippen LogP contribution in [0.2, 0.25) is 0 Å². The Morgan fingerprint density at radius 2 is 1.16 bits per heavy atom. The lowest BCUT2D eigenvalue weighted by Gasteiger charge is -2.33. The van der Waals surface area contributed by atoms with Crippen LogP contribution in [0.25, 0.3) is 22.2 Å². The Morgan fingerprint density at radius 3 is 1.72 bits per heavy atom. The van der Waals surface area contributed by atoms with Crippen molar-refractivity contribution in [1.82, 2.24) is 17.7 Å². The molecule has 0 atom stereocenters. The molecule has 57 heavy (non-hydrogen) atoms. The summed E-state index contributed by atoms with van der Waals surface area (Å²) in [5, 5.41) is 0. The Balaban J connectivity index is 0.000000254. The van der Waals surface area contributed by atoms with E-state index in [0.29, 0.717) is 22.2 Å². The number of oxazole rings is 2. The van der Waals surface area contributed by atoms with E-state index in [-0.39, 0.29) is 54.3 Å². The first kappa shape index (κ1) is 42.9. The Labute approximate surface area is 327 Å². The van der Waals surface area contributed by atoms with E-state index >= 15 is 0 Å². The first-order valence-electron chi connectivity index (χ1n) is 17.2. The van der Waals surface area contributed by atoms with Crippen molar-refractivity contribution >= 4 is 58.0 Å². The molecular weight excluding hydrogens is 816 g/mol. The zero-order chi connectivity index (χ0) is 42.2. The van der Waals surface area contributed by atoms with E-state index < -0.39 is 63.9 Å². The molecular formula is C36H40F3N5O10S3. The van der Waals surface area contributed by atoms with Gasteiger partial charge < -0.3 is 8.83 Å². The standard InChI is InChI=1S/C19H19F2N3O6S2.C15H13FN2O4S.C2H6.H2/c1-12-10-15-16(30-19(25)22(15)2)11-17(12)31(26,27)23-6-8-24(9-7-23)32(28,29)18-13(20)4-3-5-14(18)21;1-9-3-4-10(7-12(9)16)17-23(20,21)11-5-6-13-14(8-11)22-15(19)18(13)2;1-2;/h3-5,10-11H,6-9H2,1-2H3;3-8,17H,1-2H3;1-2H3;1H. The van der Waals surface area contributed by atoms with Gasteiger partial charge in [-0.2, -0.15) is 8.61 Å². The van der Waals surface area contributed by atoms with Gasteiger partial charge in [0.1, 0.15) is 17.5 Å². The molecule has 3 heterocycles. The minimum Gasteiger partial charge on any atom is -0.408 e. The summed E-state index contributed by atoms with van der Waals surface area (Å²) in [6.45, 7) is 6.17. The van der Waals surface area contributed by atoms with Crippen molar-refractivity contribution in [2.45, 2.75) is 42.4 Å². The van der Waals surface area contributed by atoms with E-state index in [1.54, 1.807) is 13.8 Å². The Morgan fingerprint density at radius 1 is 0.632 bits per heavy atom. The molecule has 1 saturated heterocycles. The first-order valence-corrected chi connectivity index (χ1v) is 21.5. The number of nitrogens with zero attached hydrogens (tertiary/aromatic N) is 4. The maximum absolute atomic E-state index is 14.0. The molecule has 1 fully saturated rings. The minimum atomic E-state index is -4.49. The third-order valence-electron chi connectivity index (χ3n) is 8.92. The van der Waals surface area contributed by atoms with Crippen LogP contribution in [0.15, 0.2) is 99.8 Å². The highest BCUT2D eigenvalue weighted by Crippen LogP contribution is 2.29. The second kappa shape index (κ2) is 16.3. The molecule has 308 valence electrons. The van der Waals surface area contributed by atoms with Gasteiger partial charge in [-0.1, -0.05) is 26.0 Å². The summed E-state index contributed by atoms with van der Waals surface area (Å²) in [4.78, 5) is 22.0. The summed E-state index contributed by atoms with van der Waals surface area (Å²) >= 11 is 0. The molecule has 0 unspecified atom stereocenters. The van der Waals surface area contributed by atoms with Crippen molar-refractivity contribution in [2.75, 3.05) is 30.9 Å². The topological polar surface area (TPSA) is 191 Å². The second-order valence-electron chi connectivity index (χ2n) is 12.5. The maximum atomic E-state index is 14.0. The second-order valence-corrected chi connectivity index (χ2v) is 18.0. The zero-order valence-electron chi connectivity index (χ0n) is 31.4.